The minimum atomic E-state index is -0.510. The monoisotopic (exact) mass is 580 g/mol. The topological polar surface area (TPSA) is 94.7 Å². The number of nitrogens with one attached hydrogen (secondary N) is 2. The lowest BCUT2D eigenvalue weighted by molar-refractivity contribution is 0.186. The number of anilines is 3. The van der Waals surface area contributed by atoms with Crippen LogP contribution in [0.5, 0.6) is 0 Å². The lowest BCUT2D eigenvalue weighted by Crippen LogP contribution is -2.34. The van der Waals surface area contributed by atoms with E-state index in [2.05, 4.69) is 62.2 Å². The van der Waals surface area contributed by atoms with Gasteiger partial charge in [-0.3, -0.25) is 4.98 Å². The highest BCUT2D eigenvalue weighted by Crippen LogP contribution is 2.34. The summed E-state index contributed by atoms with van der Waals surface area (Å²) in [6.07, 6.45) is 5.68. The van der Waals surface area contributed by atoms with Crippen LogP contribution in [0.1, 0.15) is 48.7 Å². The van der Waals surface area contributed by atoms with Crippen LogP contribution >= 0.6 is 11.6 Å². The van der Waals surface area contributed by atoms with Crippen molar-refractivity contribution < 1.29 is 4.39 Å². The molecule has 10 heteroatoms. The maximum absolute atomic E-state index is 13.8. The summed E-state index contributed by atoms with van der Waals surface area (Å²) in [5.74, 6) is -0.510. The third-order valence-electron chi connectivity index (χ3n) is 7.82. The van der Waals surface area contributed by atoms with Crippen molar-refractivity contribution in [1.82, 2.24) is 24.9 Å². The number of nitriles is 1. The number of piperidine rings is 1. The Morgan fingerprint density at radius 2 is 1.86 bits per heavy atom. The molecule has 0 bridgehead atoms. The second kappa shape index (κ2) is 12.1. The number of benzene rings is 3. The number of rotatable bonds is 8. The van der Waals surface area contributed by atoms with Crippen LogP contribution in [0.4, 0.5) is 21.5 Å². The molecule has 0 aliphatic carbocycles. The Morgan fingerprint density at radius 1 is 1.07 bits per heavy atom. The Balaban J connectivity index is 1.34. The lowest BCUT2D eigenvalue weighted by Gasteiger charge is -2.30. The summed E-state index contributed by atoms with van der Waals surface area (Å²) in [6.45, 7) is 5.40. The van der Waals surface area contributed by atoms with Gasteiger partial charge < -0.3 is 15.5 Å². The van der Waals surface area contributed by atoms with Crippen LogP contribution in [-0.2, 0) is 0 Å². The zero-order chi connectivity index (χ0) is 29.1. The fourth-order valence-corrected chi connectivity index (χ4v) is 5.64. The average molecular weight is 581 g/mol. The minimum absolute atomic E-state index is 0.00566. The molecule has 0 spiro atoms. The van der Waals surface area contributed by atoms with Crippen LogP contribution in [-0.4, -0.2) is 44.5 Å². The van der Waals surface area contributed by atoms with E-state index in [1.807, 2.05) is 41.1 Å². The van der Waals surface area contributed by atoms with E-state index in [1.54, 1.807) is 6.07 Å². The number of likely N-dealkylation sites (tertiary alicyclic amines) is 1. The first-order valence-corrected chi connectivity index (χ1v) is 14.4. The molecule has 1 aliphatic heterocycles. The van der Waals surface area contributed by atoms with Crippen LogP contribution in [0.2, 0.25) is 5.02 Å². The minimum Gasteiger partial charge on any atom is -0.373 e. The molecule has 2 N–H and O–H groups in total. The van der Waals surface area contributed by atoms with Gasteiger partial charge in [0.05, 0.1) is 40.1 Å². The maximum atomic E-state index is 13.8. The van der Waals surface area contributed by atoms with Gasteiger partial charge in [0.25, 0.3) is 0 Å². The molecule has 6 rings (SSSR count). The van der Waals surface area contributed by atoms with Crippen molar-refractivity contribution in [2.24, 2.45) is 0 Å². The Labute approximate surface area is 248 Å². The van der Waals surface area contributed by atoms with E-state index in [0.29, 0.717) is 28.5 Å². The number of fused-ring (bicyclic) bond motifs is 1. The summed E-state index contributed by atoms with van der Waals surface area (Å²) < 4.78 is 15.8. The molecule has 5 aromatic rings. The van der Waals surface area contributed by atoms with Crippen molar-refractivity contribution in [1.29, 1.82) is 5.26 Å². The van der Waals surface area contributed by atoms with Crippen molar-refractivity contribution in [2.75, 3.05) is 30.3 Å². The highest BCUT2D eigenvalue weighted by molar-refractivity contribution is 6.31. The molecule has 3 aromatic carbocycles. The molecule has 0 radical (unpaired) electrons. The number of hydrogen-bond donors (Lipinski definition) is 2. The maximum Gasteiger partial charge on any atom is 0.141 e. The molecule has 1 aliphatic rings. The van der Waals surface area contributed by atoms with E-state index in [9.17, 15) is 9.65 Å². The molecule has 0 unspecified atom stereocenters. The van der Waals surface area contributed by atoms with Gasteiger partial charge in [-0.05, 0) is 61.3 Å². The first-order valence-electron chi connectivity index (χ1n) is 14.0. The first kappa shape index (κ1) is 27.6. The van der Waals surface area contributed by atoms with E-state index in [0.717, 1.165) is 54.8 Å². The van der Waals surface area contributed by atoms with Gasteiger partial charge >= 0.3 is 0 Å². The quantitative estimate of drug-likeness (QED) is 0.202. The third-order valence-corrected chi connectivity index (χ3v) is 8.11. The van der Waals surface area contributed by atoms with E-state index in [1.165, 1.54) is 18.3 Å². The van der Waals surface area contributed by atoms with Crippen LogP contribution in [0, 0.1) is 17.1 Å². The highest BCUT2D eigenvalue weighted by Gasteiger charge is 2.24. The first-order chi connectivity index (χ1) is 20.5. The second-order valence-corrected chi connectivity index (χ2v) is 10.8. The molecule has 2 aromatic heterocycles. The molecular formula is C32H30ClFN8. The lowest BCUT2D eigenvalue weighted by atomic mass is 10.0. The number of hydrogen-bond acceptors (Lipinski definition) is 7. The van der Waals surface area contributed by atoms with Crippen LogP contribution in [0.25, 0.3) is 10.9 Å². The van der Waals surface area contributed by atoms with Crippen LogP contribution in [0.15, 0.2) is 79.1 Å². The summed E-state index contributed by atoms with van der Waals surface area (Å²) in [5, 5.41) is 26.6. The smallest absolute Gasteiger partial charge is 0.141 e. The second-order valence-electron chi connectivity index (χ2n) is 10.4. The SMILES string of the molecule is CCN1CCC(n2cc([C@@H](Nc3ccc4ncc(C#N)c(Nc5ccc(F)c(Cl)c5)c4c3)c3ccccc3)nn2)CC1. The number of pyridine rings is 1. The van der Waals surface area contributed by atoms with Gasteiger partial charge in [0.15, 0.2) is 0 Å². The molecular weight excluding hydrogens is 551 g/mol. The average Bonchev–Trinajstić information content (AvgIpc) is 3.52. The predicted octanol–water partition coefficient (Wildman–Crippen LogP) is 7.09. The van der Waals surface area contributed by atoms with E-state index >= 15 is 0 Å². The van der Waals surface area contributed by atoms with E-state index in [4.69, 9.17) is 11.6 Å². The van der Waals surface area contributed by atoms with Crippen molar-refractivity contribution in [3.8, 4) is 6.07 Å². The molecule has 3 heterocycles. The van der Waals surface area contributed by atoms with Crippen molar-refractivity contribution in [3.05, 3.63) is 107 Å². The molecule has 212 valence electrons. The Morgan fingerprint density at radius 3 is 2.60 bits per heavy atom. The molecule has 0 amide bonds. The highest BCUT2D eigenvalue weighted by atomic mass is 35.5. The van der Waals surface area contributed by atoms with Crippen molar-refractivity contribution in [3.63, 3.8) is 0 Å². The molecule has 8 nitrogen and oxygen atoms in total. The van der Waals surface area contributed by atoms with E-state index < -0.39 is 5.82 Å². The van der Waals surface area contributed by atoms with E-state index in [-0.39, 0.29) is 11.1 Å². The van der Waals surface area contributed by atoms with Gasteiger partial charge in [0.1, 0.15) is 17.6 Å². The Bertz CT molecular complexity index is 1740. The summed E-state index contributed by atoms with van der Waals surface area (Å²) in [4.78, 5) is 6.94. The number of halogens is 2. The predicted molar refractivity (Wildman–Crippen MR) is 163 cm³/mol. The van der Waals surface area contributed by atoms with Crippen LogP contribution < -0.4 is 10.6 Å². The van der Waals surface area contributed by atoms with Crippen LogP contribution in [0.3, 0.4) is 0 Å². The molecule has 1 saturated heterocycles. The van der Waals surface area contributed by atoms with Crippen molar-refractivity contribution >= 4 is 39.6 Å². The van der Waals surface area contributed by atoms with Crippen molar-refractivity contribution in [2.45, 2.75) is 31.8 Å². The Kier molecular flexibility index (Phi) is 8.00. The fraction of sp³-hybridized carbons (Fsp3) is 0.250. The van der Waals surface area contributed by atoms with Gasteiger partial charge in [-0.25, -0.2) is 9.07 Å². The third kappa shape index (κ3) is 5.77. The molecule has 42 heavy (non-hydrogen) atoms. The molecule has 1 atom stereocenters. The number of aromatic nitrogens is 4. The standard InChI is InChI=1S/C32H30ClFN8/c1-2-41-14-12-25(13-15-41)42-20-30(39-40-42)32(21-6-4-3-5-7-21)38-23-9-11-29-26(16-23)31(22(18-35)19-36-29)37-24-8-10-28(34)27(33)17-24/h3-11,16-17,19-20,25,32,38H,2,12-15H2,1H3,(H,36,37)/t32-/m0/s1. The largest absolute Gasteiger partial charge is 0.373 e. The van der Waals surface area contributed by atoms with Gasteiger partial charge in [0, 0.05) is 36.0 Å². The summed E-state index contributed by atoms with van der Waals surface area (Å²) >= 11 is 6.02. The van der Waals surface area contributed by atoms with Gasteiger partial charge in [-0.15, -0.1) is 5.10 Å². The normalized spacial score (nSPS) is 14.9. The summed E-state index contributed by atoms with van der Waals surface area (Å²) in [6, 6.07) is 22.6. The summed E-state index contributed by atoms with van der Waals surface area (Å²) in [7, 11) is 0. The molecule has 0 saturated carbocycles. The summed E-state index contributed by atoms with van der Waals surface area (Å²) in [5.41, 5.74) is 4.88. The zero-order valence-electron chi connectivity index (χ0n) is 23.1. The van der Waals surface area contributed by atoms with Gasteiger partial charge in [-0.1, -0.05) is 54.1 Å². The zero-order valence-corrected chi connectivity index (χ0v) is 23.9. The van der Waals surface area contributed by atoms with Gasteiger partial charge in [-0.2, -0.15) is 5.26 Å². The van der Waals surface area contributed by atoms with Gasteiger partial charge in [0.2, 0.25) is 0 Å². The number of nitrogens with zero attached hydrogens (tertiary/aromatic N) is 6. The fourth-order valence-electron chi connectivity index (χ4n) is 5.46. The Hall–Kier alpha value is -4.52. The molecule has 1 fully saturated rings.